The molecule has 128 valence electrons. The Kier molecular flexibility index (Phi) is 4.11. The van der Waals surface area contributed by atoms with Gasteiger partial charge < -0.3 is 15.4 Å². The summed E-state index contributed by atoms with van der Waals surface area (Å²) in [6.07, 6.45) is 0.907. The van der Waals surface area contributed by atoms with Crippen LogP contribution in [-0.4, -0.2) is 29.4 Å². The maximum absolute atomic E-state index is 12.5. The number of likely N-dealkylation sites (N-methyl/N-ethyl adjacent to an activating group) is 1. The molecule has 2 aromatic heterocycles. The van der Waals surface area contributed by atoms with Crippen LogP contribution in [0.1, 0.15) is 20.9 Å². The van der Waals surface area contributed by atoms with Crippen LogP contribution in [0.15, 0.2) is 30.3 Å². The molecule has 2 N–H and O–H groups in total. The van der Waals surface area contributed by atoms with Gasteiger partial charge in [0.25, 0.3) is 0 Å². The van der Waals surface area contributed by atoms with Gasteiger partial charge in [0.1, 0.15) is 15.5 Å². The van der Waals surface area contributed by atoms with Crippen molar-refractivity contribution in [2.45, 2.75) is 13.0 Å². The molecule has 5 nitrogen and oxygen atoms in total. The summed E-state index contributed by atoms with van der Waals surface area (Å²) in [6.45, 7) is 1.83. The highest BCUT2D eigenvalue weighted by Crippen LogP contribution is 2.35. The number of aromatic nitrogens is 1. The van der Waals surface area contributed by atoms with E-state index >= 15 is 0 Å². The second kappa shape index (κ2) is 6.29. The molecule has 1 aliphatic rings. The van der Waals surface area contributed by atoms with Crippen LogP contribution in [0.25, 0.3) is 10.2 Å². The number of nitrogens with zero attached hydrogens (tertiary/aromatic N) is 2. The lowest BCUT2D eigenvalue weighted by Gasteiger charge is -2.24. The first kappa shape index (κ1) is 16.3. The summed E-state index contributed by atoms with van der Waals surface area (Å²) in [7, 11) is 2.08. The van der Waals surface area contributed by atoms with E-state index in [1.165, 1.54) is 16.9 Å². The highest BCUT2D eigenvalue weighted by Gasteiger charge is 2.22. The zero-order chi connectivity index (χ0) is 17.6. The summed E-state index contributed by atoms with van der Waals surface area (Å²) in [5.41, 5.74) is 8.91. The number of carbonyl (C=O) groups is 1. The minimum absolute atomic E-state index is 0.383. The van der Waals surface area contributed by atoms with Crippen LogP contribution in [-0.2, 0) is 13.0 Å². The molecule has 0 aliphatic carbocycles. The first-order valence-electron chi connectivity index (χ1n) is 7.88. The van der Waals surface area contributed by atoms with Gasteiger partial charge in [-0.15, -0.1) is 11.3 Å². The molecule has 0 spiro atoms. The summed E-state index contributed by atoms with van der Waals surface area (Å²) in [5.74, 6) is -0.0435. The van der Waals surface area contributed by atoms with Crippen LogP contribution in [0.5, 0.6) is 5.75 Å². The Balaban J connectivity index is 1.69. The number of hydrogen-bond donors (Lipinski definition) is 1. The zero-order valence-corrected chi connectivity index (χ0v) is 15.2. The van der Waals surface area contributed by atoms with E-state index in [1.54, 1.807) is 24.3 Å². The fraction of sp³-hybridized carbons (Fsp3) is 0.222. The predicted octanol–water partition coefficient (Wildman–Crippen LogP) is 3.74. The molecule has 0 bridgehead atoms. The third kappa shape index (κ3) is 3.08. The second-order valence-corrected chi connectivity index (χ2v) is 7.56. The number of halogens is 1. The van der Waals surface area contributed by atoms with Crippen LogP contribution < -0.4 is 10.5 Å². The fourth-order valence-electron chi connectivity index (χ4n) is 2.95. The smallest absolute Gasteiger partial charge is 0.355 e. The van der Waals surface area contributed by atoms with Crippen LogP contribution in [0.4, 0.5) is 5.69 Å². The number of ether oxygens (including phenoxy) is 1. The number of nitrogens with two attached hydrogens (primary N) is 1. The van der Waals surface area contributed by atoms with Crippen molar-refractivity contribution in [3.8, 4) is 5.75 Å². The molecular weight excluding hydrogens is 358 g/mol. The Labute approximate surface area is 154 Å². The quantitative estimate of drug-likeness (QED) is 0.547. The van der Waals surface area contributed by atoms with Gasteiger partial charge in [0.05, 0.1) is 5.69 Å². The summed E-state index contributed by atoms with van der Waals surface area (Å²) in [6, 6.07) is 8.69. The first-order valence-corrected chi connectivity index (χ1v) is 9.08. The van der Waals surface area contributed by atoms with Crippen molar-refractivity contribution < 1.29 is 9.53 Å². The predicted molar refractivity (Wildman–Crippen MR) is 100 cm³/mol. The van der Waals surface area contributed by atoms with Gasteiger partial charge >= 0.3 is 5.97 Å². The summed E-state index contributed by atoms with van der Waals surface area (Å²) in [5, 5.41) is 1.41. The van der Waals surface area contributed by atoms with E-state index in [0.29, 0.717) is 21.3 Å². The number of rotatable bonds is 2. The number of pyridine rings is 1. The van der Waals surface area contributed by atoms with Crippen molar-refractivity contribution >= 4 is 44.8 Å². The maximum atomic E-state index is 12.5. The Hall–Kier alpha value is -2.15. The fourth-order valence-corrected chi connectivity index (χ4v) is 4.05. The molecule has 25 heavy (non-hydrogen) atoms. The van der Waals surface area contributed by atoms with Crippen molar-refractivity contribution in [1.82, 2.24) is 9.88 Å². The second-order valence-electron chi connectivity index (χ2n) is 6.12. The van der Waals surface area contributed by atoms with Gasteiger partial charge in [0.15, 0.2) is 0 Å². The third-order valence-corrected chi connectivity index (χ3v) is 5.62. The highest BCUT2D eigenvalue weighted by molar-refractivity contribution is 7.21. The number of anilines is 1. The number of thiophene rings is 1. The van der Waals surface area contributed by atoms with Crippen molar-refractivity contribution in [2.75, 3.05) is 19.3 Å². The average Bonchev–Trinajstić information content (AvgIpc) is 2.91. The van der Waals surface area contributed by atoms with Gasteiger partial charge in [0.2, 0.25) is 0 Å². The van der Waals surface area contributed by atoms with Crippen molar-refractivity contribution in [1.29, 1.82) is 0 Å². The SMILES string of the molecule is CN1CCc2nc3sc(C(=O)Oc4ccc(Cl)cc4)c(N)c3cc2C1. The monoisotopic (exact) mass is 373 g/mol. The zero-order valence-electron chi connectivity index (χ0n) is 13.6. The number of carbonyl (C=O) groups excluding carboxylic acids is 1. The van der Waals surface area contributed by atoms with Crippen molar-refractivity contribution in [3.05, 3.63) is 51.5 Å². The molecule has 0 saturated carbocycles. The van der Waals surface area contributed by atoms with E-state index < -0.39 is 5.97 Å². The van der Waals surface area contributed by atoms with E-state index in [2.05, 4.69) is 18.0 Å². The molecule has 0 atom stereocenters. The van der Waals surface area contributed by atoms with Crippen molar-refractivity contribution in [3.63, 3.8) is 0 Å². The standard InChI is InChI=1S/C18H16ClN3O2S/c1-22-7-6-14-10(9-22)8-13-15(20)16(25-17(13)21-14)18(23)24-12-4-2-11(19)3-5-12/h2-5,8H,6-7,9,20H2,1H3. The number of hydrogen-bond acceptors (Lipinski definition) is 6. The maximum Gasteiger partial charge on any atom is 0.355 e. The minimum Gasteiger partial charge on any atom is -0.422 e. The lowest BCUT2D eigenvalue weighted by Crippen LogP contribution is -2.27. The van der Waals surface area contributed by atoms with Crippen molar-refractivity contribution in [2.24, 2.45) is 0 Å². The van der Waals surface area contributed by atoms with Gasteiger partial charge in [-0.05, 0) is 42.9 Å². The normalized spacial score (nSPS) is 14.5. The number of benzene rings is 1. The molecule has 1 aromatic carbocycles. The number of esters is 1. The van der Waals surface area contributed by atoms with Crippen LogP contribution >= 0.6 is 22.9 Å². The Morgan fingerprint density at radius 2 is 2.12 bits per heavy atom. The Morgan fingerprint density at radius 3 is 2.88 bits per heavy atom. The molecular formula is C18H16ClN3O2S. The topological polar surface area (TPSA) is 68.5 Å². The Bertz CT molecular complexity index is 969. The molecule has 1 aliphatic heterocycles. The number of fused-ring (bicyclic) bond motifs is 2. The van der Waals surface area contributed by atoms with Gasteiger partial charge in [-0.1, -0.05) is 11.6 Å². The lowest BCUT2D eigenvalue weighted by atomic mass is 10.0. The highest BCUT2D eigenvalue weighted by atomic mass is 35.5. The molecule has 0 fully saturated rings. The van der Waals surface area contributed by atoms with Crippen LogP contribution in [0.3, 0.4) is 0 Å². The van der Waals surface area contributed by atoms with Crippen LogP contribution in [0.2, 0.25) is 5.02 Å². The lowest BCUT2D eigenvalue weighted by molar-refractivity contribution is 0.0741. The molecule has 7 heteroatoms. The average molecular weight is 374 g/mol. The molecule has 0 amide bonds. The minimum atomic E-state index is -0.474. The van der Waals surface area contributed by atoms with E-state index in [-0.39, 0.29) is 0 Å². The summed E-state index contributed by atoms with van der Waals surface area (Å²) >= 11 is 7.12. The Morgan fingerprint density at radius 1 is 1.36 bits per heavy atom. The van der Waals surface area contributed by atoms with Crippen LogP contribution in [0, 0.1) is 0 Å². The van der Waals surface area contributed by atoms with E-state index in [1.807, 2.05) is 0 Å². The number of nitrogen functional groups attached to an aromatic ring is 1. The van der Waals surface area contributed by atoms with Gasteiger partial charge in [-0.25, -0.2) is 9.78 Å². The van der Waals surface area contributed by atoms with Gasteiger partial charge in [-0.3, -0.25) is 0 Å². The summed E-state index contributed by atoms with van der Waals surface area (Å²) < 4.78 is 5.41. The molecule has 0 saturated heterocycles. The molecule has 3 aromatic rings. The largest absolute Gasteiger partial charge is 0.422 e. The van der Waals surface area contributed by atoms with Gasteiger partial charge in [-0.2, -0.15) is 0 Å². The van der Waals surface area contributed by atoms with E-state index in [0.717, 1.165) is 35.4 Å². The van der Waals surface area contributed by atoms with E-state index in [9.17, 15) is 4.79 Å². The first-order chi connectivity index (χ1) is 12.0. The molecule has 0 unspecified atom stereocenters. The van der Waals surface area contributed by atoms with Gasteiger partial charge in [0, 0.05) is 35.6 Å². The molecule has 4 rings (SSSR count). The third-order valence-electron chi connectivity index (χ3n) is 4.27. The summed E-state index contributed by atoms with van der Waals surface area (Å²) in [4.78, 5) is 20.6. The molecule has 3 heterocycles. The molecule has 0 radical (unpaired) electrons. The van der Waals surface area contributed by atoms with E-state index in [4.69, 9.17) is 27.1 Å².